The second kappa shape index (κ2) is 5.12. The standard InChI is InChI=1S/C18H13N3O/c1-19-14-6-4-5-12(9-14)18-21-16-10-13(11-17(16)22-18)15-7-2-3-8-20-15/h2-9,13H,10-11H2. The zero-order chi connectivity index (χ0) is 14.9. The molecular formula is C18H13N3O. The van der Waals surface area contributed by atoms with Crippen molar-refractivity contribution in [3.63, 3.8) is 0 Å². The molecule has 0 bridgehead atoms. The highest BCUT2D eigenvalue weighted by molar-refractivity contribution is 5.62. The molecule has 4 nitrogen and oxygen atoms in total. The van der Waals surface area contributed by atoms with Crippen molar-refractivity contribution in [3.05, 3.63) is 77.2 Å². The van der Waals surface area contributed by atoms with Gasteiger partial charge in [0.15, 0.2) is 5.69 Å². The molecule has 1 unspecified atom stereocenters. The second-order valence-electron chi connectivity index (χ2n) is 5.41. The van der Waals surface area contributed by atoms with Crippen LogP contribution in [0.3, 0.4) is 0 Å². The summed E-state index contributed by atoms with van der Waals surface area (Å²) in [7, 11) is 0. The van der Waals surface area contributed by atoms with Crippen LogP contribution in [0.5, 0.6) is 0 Å². The van der Waals surface area contributed by atoms with Gasteiger partial charge in [0, 0.05) is 36.2 Å². The summed E-state index contributed by atoms with van der Waals surface area (Å²) >= 11 is 0. The van der Waals surface area contributed by atoms with Crippen LogP contribution in [0.2, 0.25) is 0 Å². The monoisotopic (exact) mass is 287 g/mol. The fourth-order valence-electron chi connectivity index (χ4n) is 2.89. The zero-order valence-corrected chi connectivity index (χ0v) is 11.9. The van der Waals surface area contributed by atoms with Gasteiger partial charge in [-0.2, -0.15) is 0 Å². The number of hydrogen-bond acceptors (Lipinski definition) is 3. The summed E-state index contributed by atoms with van der Waals surface area (Å²) in [6, 6.07) is 13.4. The molecule has 1 atom stereocenters. The Morgan fingerprint density at radius 2 is 2.09 bits per heavy atom. The van der Waals surface area contributed by atoms with Crippen molar-refractivity contribution in [1.29, 1.82) is 0 Å². The van der Waals surface area contributed by atoms with Crippen LogP contribution in [0.15, 0.2) is 53.1 Å². The van der Waals surface area contributed by atoms with Crippen LogP contribution in [0.25, 0.3) is 16.3 Å². The SMILES string of the molecule is [C-]#[N+]c1cccc(-c2nc3c(o2)CC(c2ccccn2)C3)c1. The minimum Gasteiger partial charge on any atom is -0.441 e. The van der Waals surface area contributed by atoms with Crippen molar-refractivity contribution in [1.82, 2.24) is 9.97 Å². The van der Waals surface area contributed by atoms with E-state index in [0.29, 0.717) is 17.5 Å². The summed E-state index contributed by atoms with van der Waals surface area (Å²) in [6.45, 7) is 7.09. The van der Waals surface area contributed by atoms with Crippen molar-refractivity contribution in [2.75, 3.05) is 0 Å². The molecule has 2 aromatic heterocycles. The molecule has 0 saturated heterocycles. The molecule has 0 radical (unpaired) electrons. The van der Waals surface area contributed by atoms with Crippen LogP contribution < -0.4 is 0 Å². The molecule has 1 aliphatic rings. The van der Waals surface area contributed by atoms with Gasteiger partial charge in [-0.3, -0.25) is 4.98 Å². The highest BCUT2D eigenvalue weighted by Crippen LogP contribution is 2.36. The minimum atomic E-state index is 0.353. The number of pyridine rings is 1. The van der Waals surface area contributed by atoms with Crippen LogP contribution in [0.4, 0.5) is 5.69 Å². The third-order valence-electron chi connectivity index (χ3n) is 3.98. The van der Waals surface area contributed by atoms with E-state index in [1.807, 2.05) is 36.5 Å². The molecule has 0 aliphatic heterocycles. The Bertz CT molecular complexity index is 838. The molecule has 106 valence electrons. The third-order valence-corrected chi connectivity index (χ3v) is 3.98. The summed E-state index contributed by atoms with van der Waals surface area (Å²) in [4.78, 5) is 12.5. The van der Waals surface area contributed by atoms with Gasteiger partial charge in [-0.15, -0.1) is 0 Å². The Labute approximate surface area is 128 Å². The zero-order valence-electron chi connectivity index (χ0n) is 11.9. The Hall–Kier alpha value is -2.93. The quantitative estimate of drug-likeness (QED) is 0.664. The van der Waals surface area contributed by atoms with Gasteiger partial charge in [0.1, 0.15) is 5.76 Å². The molecule has 0 amide bonds. The van der Waals surface area contributed by atoms with Gasteiger partial charge in [-0.05, 0) is 18.2 Å². The number of oxazole rings is 1. The smallest absolute Gasteiger partial charge is 0.225 e. The molecule has 3 aromatic rings. The highest BCUT2D eigenvalue weighted by atomic mass is 16.4. The van der Waals surface area contributed by atoms with Gasteiger partial charge in [0.25, 0.3) is 0 Å². The number of fused-ring (bicyclic) bond motifs is 1. The van der Waals surface area contributed by atoms with Crippen molar-refractivity contribution < 1.29 is 4.42 Å². The first-order chi connectivity index (χ1) is 10.8. The van der Waals surface area contributed by atoms with E-state index in [9.17, 15) is 0 Å². The van der Waals surface area contributed by atoms with Crippen molar-refractivity contribution >= 4 is 5.69 Å². The summed E-state index contributed by atoms with van der Waals surface area (Å²) in [6.07, 6.45) is 3.52. The van der Waals surface area contributed by atoms with E-state index < -0.39 is 0 Å². The summed E-state index contributed by atoms with van der Waals surface area (Å²) in [5.41, 5.74) is 3.56. The molecule has 0 spiro atoms. The maximum absolute atomic E-state index is 7.09. The third kappa shape index (κ3) is 2.17. The molecule has 1 aliphatic carbocycles. The van der Waals surface area contributed by atoms with Crippen LogP contribution in [0, 0.1) is 6.57 Å². The molecule has 0 fully saturated rings. The van der Waals surface area contributed by atoms with Crippen molar-refractivity contribution in [2.45, 2.75) is 18.8 Å². The Balaban J connectivity index is 1.61. The number of hydrogen-bond donors (Lipinski definition) is 0. The molecule has 0 N–H and O–H groups in total. The van der Waals surface area contributed by atoms with E-state index in [1.54, 1.807) is 6.07 Å². The first kappa shape index (κ1) is 12.8. The number of nitrogens with zero attached hydrogens (tertiary/aromatic N) is 3. The number of aromatic nitrogens is 2. The Morgan fingerprint density at radius 3 is 2.86 bits per heavy atom. The molecule has 1 aromatic carbocycles. The van der Waals surface area contributed by atoms with Gasteiger partial charge in [-0.1, -0.05) is 24.3 Å². The molecular weight excluding hydrogens is 274 g/mol. The highest BCUT2D eigenvalue weighted by Gasteiger charge is 2.29. The van der Waals surface area contributed by atoms with Crippen LogP contribution in [0.1, 0.15) is 23.1 Å². The average Bonchev–Trinajstić information content (AvgIpc) is 3.14. The van der Waals surface area contributed by atoms with Gasteiger partial charge in [0.05, 0.1) is 12.3 Å². The van der Waals surface area contributed by atoms with E-state index in [-0.39, 0.29) is 0 Å². The molecule has 4 heteroatoms. The van der Waals surface area contributed by atoms with Crippen LogP contribution in [-0.4, -0.2) is 9.97 Å². The lowest BCUT2D eigenvalue weighted by Gasteiger charge is -2.07. The van der Waals surface area contributed by atoms with Crippen LogP contribution >= 0.6 is 0 Å². The van der Waals surface area contributed by atoms with E-state index in [2.05, 4.69) is 20.9 Å². The van der Waals surface area contributed by atoms with Crippen molar-refractivity contribution in [2.24, 2.45) is 0 Å². The van der Waals surface area contributed by atoms with E-state index >= 15 is 0 Å². The van der Waals surface area contributed by atoms with Gasteiger partial charge >= 0.3 is 0 Å². The van der Waals surface area contributed by atoms with Gasteiger partial charge in [-0.25, -0.2) is 9.83 Å². The predicted octanol–water partition coefficient (Wildman–Crippen LogP) is 4.17. The lowest BCUT2D eigenvalue weighted by molar-refractivity contribution is 0.509. The van der Waals surface area contributed by atoms with E-state index in [0.717, 1.165) is 35.6 Å². The first-order valence-corrected chi connectivity index (χ1v) is 7.21. The lowest BCUT2D eigenvalue weighted by Crippen LogP contribution is -2.01. The normalized spacial score (nSPS) is 16.2. The lowest BCUT2D eigenvalue weighted by atomic mass is 10.0. The fraction of sp³-hybridized carbons (Fsp3) is 0.167. The molecule has 2 heterocycles. The fourth-order valence-corrected chi connectivity index (χ4v) is 2.89. The average molecular weight is 287 g/mol. The van der Waals surface area contributed by atoms with Gasteiger partial charge < -0.3 is 4.42 Å². The predicted molar refractivity (Wildman–Crippen MR) is 82.6 cm³/mol. The van der Waals surface area contributed by atoms with E-state index in [4.69, 9.17) is 11.0 Å². The minimum absolute atomic E-state index is 0.353. The summed E-state index contributed by atoms with van der Waals surface area (Å²) in [5, 5.41) is 0. The Morgan fingerprint density at radius 1 is 1.14 bits per heavy atom. The molecule has 4 rings (SSSR count). The van der Waals surface area contributed by atoms with E-state index in [1.165, 1.54) is 0 Å². The largest absolute Gasteiger partial charge is 0.441 e. The number of rotatable bonds is 2. The summed E-state index contributed by atoms with van der Waals surface area (Å²) in [5.74, 6) is 1.90. The molecule has 0 saturated carbocycles. The van der Waals surface area contributed by atoms with Crippen molar-refractivity contribution in [3.8, 4) is 11.5 Å². The maximum Gasteiger partial charge on any atom is 0.225 e. The van der Waals surface area contributed by atoms with Gasteiger partial charge in [0.2, 0.25) is 5.89 Å². The Kier molecular flexibility index (Phi) is 2.97. The number of benzene rings is 1. The topological polar surface area (TPSA) is 43.3 Å². The van der Waals surface area contributed by atoms with Crippen LogP contribution in [-0.2, 0) is 12.8 Å². The first-order valence-electron chi connectivity index (χ1n) is 7.21. The molecule has 22 heavy (non-hydrogen) atoms. The maximum atomic E-state index is 7.09. The second-order valence-corrected chi connectivity index (χ2v) is 5.41. The summed E-state index contributed by atoms with van der Waals surface area (Å²) < 4.78 is 5.92.